The smallest absolute Gasteiger partial charge is 0.191 e. The number of guanidine groups is 1. The van der Waals surface area contributed by atoms with Crippen LogP contribution in [0.1, 0.15) is 68.7 Å². The van der Waals surface area contributed by atoms with Crippen LogP contribution < -0.4 is 15.4 Å². The molecule has 0 fully saturated rings. The molecule has 1 aliphatic rings. The molecule has 0 unspecified atom stereocenters. The van der Waals surface area contributed by atoms with E-state index in [1.54, 1.807) is 7.05 Å². The Morgan fingerprint density at radius 2 is 2.03 bits per heavy atom. The number of rotatable bonds is 10. The average Bonchev–Trinajstić information content (AvgIpc) is 3.00. The molecule has 1 aromatic heterocycles. The topological polar surface area (TPSA) is 76.4 Å². The standard InChI is InChI=1S/C25H40N6O.HI/c1-19(2)9-8-16-32-22-17-20(3)11-12-21(22)18-28-25(26-4)27-14-13-24-30-29-23-10-6-5-7-15-31(23)24;/h11-12,17,19H,5-10,13-16,18H2,1-4H3,(H2,26,27,28);1H. The highest BCUT2D eigenvalue weighted by Gasteiger charge is 2.14. The number of fused-ring (bicyclic) bond motifs is 1. The normalized spacial score (nSPS) is 13.8. The third-order valence-corrected chi connectivity index (χ3v) is 5.90. The molecule has 8 heteroatoms. The van der Waals surface area contributed by atoms with Crippen LogP contribution in [0, 0.1) is 12.8 Å². The number of aliphatic imine (C=N–C) groups is 1. The van der Waals surface area contributed by atoms with E-state index >= 15 is 0 Å². The van der Waals surface area contributed by atoms with Crippen LogP contribution in [0.2, 0.25) is 0 Å². The first-order valence-electron chi connectivity index (χ1n) is 12.1. The molecule has 0 saturated heterocycles. The van der Waals surface area contributed by atoms with Crippen LogP contribution >= 0.6 is 24.0 Å². The van der Waals surface area contributed by atoms with Gasteiger partial charge in [-0.2, -0.15) is 0 Å². The maximum Gasteiger partial charge on any atom is 0.191 e. The van der Waals surface area contributed by atoms with E-state index in [9.17, 15) is 0 Å². The van der Waals surface area contributed by atoms with E-state index in [-0.39, 0.29) is 24.0 Å². The zero-order valence-corrected chi connectivity index (χ0v) is 23.0. The second-order valence-corrected chi connectivity index (χ2v) is 9.09. The molecular formula is C25H41IN6O. The maximum atomic E-state index is 6.11. The van der Waals surface area contributed by atoms with Gasteiger partial charge in [0.2, 0.25) is 0 Å². The molecule has 2 N–H and O–H groups in total. The van der Waals surface area contributed by atoms with Crippen molar-refractivity contribution in [2.75, 3.05) is 20.2 Å². The third kappa shape index (κ3) is 8.79. The minimum Gasteiger partial charge on any atom is -0.493 e. The molecule has 0 aliphatic carbocycles. The van der Waals surface area contributed by atoms with E-state index in [1.807, 2.05) is 0 Å². The van der Waals surface area contributed by atoms with Crippen LogP contribution in [0.25, 0.3) is 0 Å². The van der Waals surface area contributed by atoms with Crippen molar-refractivity contribution in [3.63, 3.8) is 0 Å². The van der Waals surface area contributed by atoms with Gasteiger partial charge >= 0.3 is 0 Å². The quantitative estimate of drug-likeness (QED) is 0.189. The number of nitrogens with zero attached hydrogens (tertiary/aromatic N) is 4. The van der Waals surface area contributed by atoms with E-state index < -0.39 is 0 Å². The van der Waals surface area contributed by atoms with Crippen molar-refractivity contribution in [3.05, 3.63) is 41.0 Å². The number of hydrogen-bond acceptors (Lipinski definition) is 4. The van der Waals surface area contributed by atoms with Crippen molar-refractivity contribution in [2.45, 2.75) is 78.8 Å². The lowest BCUT2D eigenvalue weighted by atomic mass is 10.1. The zero-order valence-electron chi connectivity index (χ0n) is 20.7. The van der Waals surface area contributed by atoms with E-state index in [1.165, 1.54) is 31.2 Å². The summed E-state index contributed by atoms with van der Waals surface area (Å²) in [6.45, 7) is 9.83. The molecule has 2 heterocycles. The molecule has 0 spiro atoms. The number of aryl methyl sites for hydroxylation is 2. The van der Waals surface area contributed by atoms with Crippen molar-refractivity contribution in [3.8, 4) is 5.75 Å². The van der Waals surface area contributed by atoms with Crippen molar-refractivity contribution >= 4 is 29.9 Å². The summed E-state index contributed by atoms with van der Waals surface area (Å²) in [5.41, 5.74) is 2.36. The Hall–Kier alpha value is -1.84. The van der Waals surface area contributed by atoms with Gasteiger partial charge in [0, 0.05) is 45.1 Å². The predicted octanol–water partition coefficient (Wildman–Crippen LogP) is 4.65. The van der Waals surface area contributed by atoms with E-state index in [4.69, 9.17) is 4.74 Å². The molecule has 7 nitrogen and oxygen atoms in total. The first-order chi connectivity index (χ1) is 15.6. The van der Waals surface area contributed by atoms with Gasteiger partial charge in [0.1, 0.15) is 17.4 Å². The van der Waals surface area contributed by atoms with E-state index in [0.29, 0.717) is 12.5 Å². The highest BCUT2D eigenvalue weighted by molar-refractivity contribution is 14.0. The lowest BCUT2D eigenvalue weighted by molar-refractivity contribution is 0.294. The third-order valence-electron chi connectivity index (χ3n) is 5.90. The van der Waals surface area contributed by atoms with Crippen LogP contribution in [0.5, 0.6) is 5.75 Å². The number of hydrogen-bond donors (Lipinski definition) is 2. The van der Waals surface area contributed by atoms with E-state index in [2.05, 4.69) is 69.4 Å². The molecule has 2 aromatic rings. The predicted molar refractivity (Wildman–Crippen MR) is 146 cm³/mol. The lowest BCUT2D eigenvalue weighted by Gasteiger charge is -2.16. The van der Waals surface area contributed by atoms with Gasteiger partial charge in [-0.1, -0.05) is 32.4 Å². The molecule has 0 bridgehead atoms. The highest BCUT2D eigenvalue weighted by Crippen LogP contribution is 2.21. The van der Waals surface area contributed by atoms with E-state index in [0.717, 1.165) is 67.9 Å². The summed E-state index contributed by atoms with van der Waals surface area (Å²) in [5, 5.41) is 15.6. The van der Waals surface area contributed by atoms with Gasteiger partial charge in [-0.15, -0.1) is 34.2 Å². The summed E-state index contributed by atoms with van der Waals surface area (Å²) in [6.07, 6.45) is 7.85. The second kappa shape index (κ2) is 14.4. The SMILES string of the molecule is CN=C(NCCc1nnc2n1CCCCC2)NCc1ccc(C)cc1OCCCC(C)C.I. The molecule has 0 atom stereocenters. The molecule has 1 aliphatic heterocycles. The van der Waals surface area contributed by atoms with Gasteiger partial charge in [0.25, 0.3) is 0 Å². The summed E-state index contributed by atoms with van der Waals surface area (Å²) >= 11 is 0. The molecule has 0 saturated carbocycles. The molecule has 33 heavy (non-hydrogen) atoms. The monoisotopic (exact) mass is 568 g/mol. The largest absolute Gasteiger partial charge is 0.493 e. The minimum atomic E-state index is 0. The van der Waals surface area contributed by atoms with Gasteiger partial charge in [-0.05, 0) is 50.2 Å². The molecule has 0 radical (unpaired) electrons. The number of benzene rings is 1. The van der Waals surface area contributed by atoms with Gasteiger partial charge in [-0.25, -0.2) is 0 Å². The van der Waals surface area contributed by atoms with Crippen molar-refractivity contribution in [1.82, 2.24) is 25.4 Å². The number of halogens is 1. The number of aromatic nitrogens is 3. The van der Waals surface area contributed by atoms with Crippen LogP contribution in [0.4, 0.5) is 0 Å². The average molecular weight is 569 g/mol. The Morgan fingerprint density at radius 3 is 2.82 bits per heavy atom. The van der Waals surface area contributed by atoms with Crippen LogP contribution in [0.15, 0.2) is 23.2 Å². The Labute approximate surface area is 216 Å². The fraction of sp³-hybridized carbons (Fsp3) is 0.640. The maximum absolute atomic E-state index is 6.11. The molecule has 3 rings (SSSR count). The lowest BCUT2D eigenvalue weighted by Crippen LogP contribution is -2.38. The Bertz CT molecular complexity index is 880. The number of nitrogens with one attached hydrogen (secondary N) is 2. The number of ether oxygens (including phenoxy) is 1. The fourth-order valence-corrected chi connectivity index (χ4v) is 4.04. The zero-order chi connectivity index (χ0) is 22.8. The molecule has 184 valence electrons. The summed E-state index contributed by atoms with van der Waals surface area (Å²) < 4.78 is 8.41. The summed E-state index contributed by atoms with van der Waals surface area (Å²) in [5.74, 6) is 4.66. The molecular weight excluding hydrogens is 527 g/mol. The Balaban J connectivity index is 0.00000385. The highest BCUT2D eigenvalue weighted by atomic mass is 127. The van der Waals surface area contributed by atoms with Crippen LogP contribution in [-0.4, -0.2) is 40.9 Å². The summed E-state index contributed by atoms with van der Waals surface area (Å²) in [6, 6.07) is 6.39. The fourth-order valence-electron chi connectivity index (χ4n) is 4.04. The van der Waals surface area contributed by atoms with Crippen LogP contribution in [-0.2, 0) is 25.9 Å². The van der Waals surface area contributed by atoms with Gasteiger partial charge in [0.15, 0.2) is 5.96 Å². The summed E-state index contributed by atoms with van der Waals surface area (Å²) in [4.78, 5) is 4.38. The minimum absolute atomic E-state index is 0. The van der Waals surface area contributed by atoms with Crippen LogP contribution in [0.3, 0.4) is 0 Å². The van der Waals surface area contributed by atoms with Crippen molar-refractivity contribution < 1.29 is 4.74 Å². The van der Waals surface area contributed by atoms with Gasteiger partial charge < -0.3 is 19.9 Å². The Morgan fingerprint density at radius 1 is 1.18 bits per heavy atom. The molecule has 0 amide bonds. The van der Waals surface area contributed by atoms with Gasteiger partial charge in [-0.3, -0.25) is 4.99 Å². The Kier molecular flexibility index (Phi) is 12.0. The summed E-state index contributed by atoms with van der Waals surface area (Å²) in [7, 11) is 1.80. The van der Waals surface area contributed by atoms with Crippen molar-refractivity contribution in [1.29, 1.82) is 0 Å². The first-order valence-corrected chi connectivity index (χ1v) is 12.1. The second-order valence-electron chi connectivity index (χ2n) is 9.09. The molecule has 1 aromatic carbocycles. The van der Waals surface area contributed by atoms with Gasteiger partial charge in [0.05, 0.1) is 6.61 Å². The first kappa shape index (κ1) is 27.4. The van der Waals surface area contributed by atoms with Crippen molar-refractivity contribution in [2.24, 2.45) is 10.9 Å².